The summed E-state index contributed by atoms with van der Waals surface area (Å²) >= 11 is 0. The lowest BCUT2D eigenvalue weighted by Gasteiger charge is -2.15. The van der Waals surface area contributed by atoms with Crippen molar-refractivity contribution in [3.05, 3.63) is 55.1 Å². The van der Waals surface area contributed by atoms with Crippen molar-refractivity contribution in [3.63, 3.8) is 0 Å². The number of pyridine rings is 1. The van der Waals surface area contributed by atoms with Crippen LogP contribution in [0.4, 0.5) is 5.82 Å². The summed E-state index contributed by atoms with van der Waals surface area (Å²) in [6, 6.07) is 12.5. The Bertz CT molecular complexity index is 661. The predicted octanol–water partition coefficient (Wildman–Crippen LogP) is 2.93. The molecule has 19 heavy (non-hydrogen) atoms. The first kappa shape index (κ1) is 11.7. The largest absolute Gasteiger partial charge is 0.366 e. The van der Waals surface area contributed by atoms with Crippen LogP contribution in [-0.2, 0) is 6.54 Å². The van der Waals surface area contributed by atoms with E-state index in [1.54, 1.807) is 6.20 Å². The van der Waals surface area contributed by atoms with Crippen LogP contribution in [0.25, 0.3) is 10.9 Å². The zero-order valence-electron chi connectivity index (χ0n) is 10.8. The Balaban J connectivity index is 1.73. The number of rotatable bonds is 4. The van der Waals surface area contributed by atoms with Crippen molar-refractivity contribution in [3.8, 4) is 0 Å². The van der Waals surface area contributed by atoms with E-state index in [9.17, 15) is 0 Å². The van der Waals surface area contributed by atoms with E-state index in [4.69, 9.17) is 0 Å². The van der Waals surface area contributed by atoms with E-state index in [0.717, 1.165) is 23.3 Å². The lowest BCUT2D eigenvalue weighted by molar-refractivity contribution is 0.617. The number of hydrogen-bond acceptors (Lipinski definition) is 3. The molecule has 1 aromatic carbocycles. The molecule has 4 heteroatoms. The van der Waals surface area contributed by atoms with E-state index >= 15 is 0 Å². The summed E-state index contributed by atoms with van der Waals surface area (Å²) in [7, 11) is 0. The van der Waals surface area contributed by atoms with Gasteiger partial charge in [0.1, 0.15) is 5.82 Å². The second-order valence-electron chi connectivity index (χ2n) is 4.69. The zero-order chi connectivity index (χ0) is 13.1. The highest BCUT2D eigenvalue weighted by Crippen LogP contribution is 2.15. The van der Waals surface area contributed by atoms with Crippen LogP contribution in [0.1, 0.15) is 6.92 Å². The minimum Gasteiger partial charge on any atom is -0.366 e. The van der Waals surface area contributed by atoms with Gasteiger partial charge >= 0.3 is 0 Å². The zero-order valence-corrected chi connectivity index (χ0v) is 10.8. The van der Waals surface area contributed by atoms with Gasteiger partial charge in [0.25, 0.3) is 0 Å². The predicted molar refractivity (Wildman–Crippen MR) is 77.1 cm³/mol. The molecular weight excluding hydrogens is 236 g/mol. The van der Waals surface area contributed by atoms with E-state index in [0.29, 0.717) is 6.04 Å². The van der Waals surface area contributed by atoms with E-state index in [2.05, 4.69) is 38.9 Å². The summed E-state index contributed by atoms with van der Waals surface area (Å²) in [6.45, 7) is 3.01. The van der Waals surface area contributed by atoms with Gasteiger partial charge in [0, 0.05) is 30.4 Å². The van der Waals surface area contributed by atoms with Crippen molar-refractivity contribution in [2.75, 3.05) is 5.32 Å². The highest BCUT2D eigenvalue weighted by Gasteiger charge is 2.04. The number of aromatic nitrogens is 3. The van der Waals surface area contributed by atoms with E-state index in [1.165, 1.54) is 0 Å². The third-order valence-corrected chi connectivity index (χ3v) is 3.04. The molecule has 0 amide bonds. The lowest BCUT2D eigenvalue weighted by atomic mass is 10.2. The second kappa shape index (κ2) is 5.10. The third kappa shape index (κ3) is 2.73. The Hall–Kier alpha value is -2.36. The summed E-state index contributed by atoms with van der Waals surface area (Å²) in [5.74, 6) is 0.909. The fraction of sp³-hybridized carbons (Fsp3) is 0.200. The Morgan fingerprint density at radius 1 is 1.21 bits per heavy atom. The molecule has 0 saturated heterocycles. The van der Waals surface area contributed by atoms with Gasteiger partial charge in [0.05, 0.1) is 11.8 Å². The van der Waals surface area contributed by atoms with Gasteiger partial charge in [-0.2, -0.15) is 0 Å². The average molecular weight is 252 g/mol. The Kier molecular flexibility index (Phi) is 3.14. The summed E-state index contributed by atoms with van der Waals surface area (Å²) in [6.07, 6.45) is 5.58. The molecule has 0 aliphatic rings. The lowest BCUT2D eigenvalue weighted by Crippen LogP contribution is -2.21. The summed E-state index contributed by atoms with van der Waals surface area (Å²) in [5.41, 5.74) is 1.02. The third-order valence-electron chi connectivity index (χ3n) is 3.04. The number of anilines is 1. The molecule has 2 heterocycles. The van der Waals surface area contributed by atoms with Gasteiger partial charge in [-0.15, -0.1) is 0 Å². The molecule has 1 unspecified atom stereocenters. The molecule has 0 aliphatic carbocycles. The molecule has 3 aromatic rings. The van der Waals surface area contributed by atoms with Crippen LogP contribution in [0.3, 0.4) is 0 Å². The number of para-hydroxylation sites is 1. The second-order valence-corrected chi connectivity index (χ2v) is 4.69. The monoisotopic (exact) mass is 252 g/mol. The van der Waals surface area contributed by atoms with Crippen molar-refractivity contribution in [1.29, 1.82) is 0 Å². The van der Waals surface area contributed by atoms with Gasteiger partial charge < -0.3 is 9.88 Å². The topological polar surface area (TPSA) is 42.7 Å². The van der Waals surface area contributed by atoms with E-state index in [-0.39, 0.29) is 0 Å². The standard InChI is InChI=1S/C15H16N4/c1-12(10-19-9-8-16-11-19)17-15-7-6-13-4-2-3-5-14(13)18-15/h2-9,11-12H,10H2,1H3,(H,17,18). The Morgan fingerprint density at radius 3 is 2.95 bits per heavy atom. The fourth-order valence-electron chi connectivity index (χ4n) is 2.16. The van der Waals surface area contributed by atoms with Crippen molar-refractivity contribution >= 4 is 16.7 Å². The van der Waals surface area contributed by atoms with Gasteiger partial charge in [-0.25, -0.2) is 9.97 Å². The van der Waals surface area contributed by atoms with Gasteiger partial charge in [0.15, 0.2) is 0 Å². The quantitative estimate of drug-likeness (QED) is 0.776. The fourth-order valence-corrected chi connectivity index (χ4v) is 2.16. The Morgan fingerprint density at radius 2 is 2.11 bits per heavy atom. The van der Waals surface area contributed by atoms with E-state index < -0.39 is 0 Å². The van der Waals surface area contributed by atoms with Crippen molar-refractivity contribution < 1.29 is 0 Å². The molecule has 4 nitrogen and oxygen atoms in total. The van der Waals surface area contributed by atoms with Crippen LogP contribution in [0.5, 0.6) is 0 Å². The summed E-state index contributed by atoms with van der Waals surface area (Å²) < 4.78 is 2.05. The van der Waals surface area contributed by atoms with Crippen LogP contribution in [0.2, 0.25) is 0 Å². The highest BCUT2D eigenvalue weighted by molar-refractivity contribution is 5.80. The average Bonchev–Trinajstić information content (AvgIpc) is 2.91. The normalized spacial score (nSPS) is 12.5. The first-order valence-electron chi connectivity index (χ1n) is 6.39. The van der Waals surface area contributed by atoms with Gasteiger partial charge in [-0.05, 0) is 25.1 Å². The Labute approximate surface area is 112 Å². The molecule has 3 rings (SSSR count). The molecule has 0 spiro atoms. The van der Waals surface area contributed by atoms with Crippen LogP contribution in [0.15, 0.2) is 55.1 Å². The first-order chi connectivity index (χ1) is 9.31. The number of hydrogen-bond donors (Lipinski definition) is 1. The molecule has 0 radical (unpaired) electrons. The number of nitrogens with one attached hydrogen (secondary N) is 1. The SMILES string of the molecule is CC(Cn1ccnc1)Nc1ccc2ccccc2n1. The van der Waals surface area contributed by atoms with Crippen LogP contribution >= 0.6 is 0 Å². The molecule has 0 saturated carbocycles. The smallest absolute Gasteiger partial charge is 0.126 e. The van der Waals surface area contributed by atoms with Crippen molar-refractivity contribution in [2.24, 2.45) is 0 Å². The summed E-state index contributed by atoms with van der Waals surface area (Å²) in [5, 5.41) is 4.57. The van der Waals surface area contributed by atoms with Gasteiger partial charge in [0.2, 0.25) is 0 Å². The first-order valence-corrected chi connectivity index (χ1v) is 6.39. The maximum absolute atomic E-state index is 4.61. The van der Waals surface area contributed by atoms with Gasteiger partial charge in [-0.3, -0.25) is 0 Å². The minimum absolute atomic E-state index is 0.294. The number of benzene rings is 1. The molecule has 2 aromatic heterocycles. The van der Waals surface area contributed by atoms with Crippen LogP contribution in [-0.4, -0.2) is 20.6 Å². The number of nitrogens with zero attached hydrogens (tertiary/aromatic N) is 3. The number of fused-ring (bicyclic) bond motifs is 1. The molecule has 0 aliphatic heterocycles. The number of imidazole rings is 1. The molecular formula is C15H16N4. The molecule has 0 fully saturated rings. The van der Waals surface area contributed by atoms with Crippen LogP contribution in [0, 0.1) is 0 Å². The molecule has 1 N–H and O–H groups in total. The molecule has 0 bridgehead atoms. The molecule has 96 valence electrons. The minimum atomic E-state index is 0.294. The van der Waals surface area contributed by atoms with E-state index in [1.807, 2.05) is 36.8 Å². The van der Waals surface area contributed by atoms with Crippen molar-refractivity contribution in [2.45, 2.75) is 19.5 Å². The molecule has 1 atom stereocenters. The maximum atomic E-state index is 4.61. The van der Waals surface area contributed by atoms with Crippen LogP contribution < -0.4 is 5.32 Å². The maximum Gasteiger partial charge on any atom is 0.126 e. The summed E-state index contributed by atoms with van der Waals surface area (Å²) in [4.78, 5) is 8.65. The highest BCUT2D eigenvalue weighted by atomic mass is 15.1. The van der Waals surface area contributed by atoms with Crippen molar-refractivity contribution in [1.82, 2.24) is 14.5 Å². The van der Waals surface area contributed by atoms with Gasteiger partial charge in [-0.1, -0.05) is 18.2 Å².